The Balaban J connectivity index is 1.45. The number of hydrazine groups is 1. The van der Waals surface area contributed by atoms with Crippen molar-refractivity contribution in [3.05, 3.63) is 71.4 Å². The average molecular weight is 405 g/mol. The zero-order valence-corrected chi connectivity index (χ0v) is 17.8. The summed E-state index contributed by atoms with van der Waals surface area (Å²) in [7, 11) is 0. The summed E-state index contributed by atoms with van der Waals surface area (Å²) in [5.74, 6) is -0.134. The molecule has 2 aliphatic heterocycles. The first-order valence-electron chi connectivity index (χ1n) is 10.4. The van der Waals surface area contributed by atoms with Crippen LogP contribution in [-0.2, 0) is 9.59 Å². The van der Waals surface area contributed by atoms with Gasteiger partial charge in [-0.3, -0.25) is 15.0 Å². The van der Waals surface area contributed by atoms with E-state index in [1.165, 1.54) is 16.3 Å². The predicted molar refractivity (Wildman–Crippen MR) is 119 cm³/mol. The molecule has 2 aliphatic rings. The summed E-state index contributed by atoms with van der Waals surface area (Å²) in [6.45, 7) is 8.29. The number of nitrogens with zero attached hydrogens (tertiary/aromatic N) is 3. The maximum Gasteiger partial charge on any atom is 0.271 e. The highest BCUT2D eigenvalue weighted by atomic mass is 16.2. The maximum atomic E-state index is 13.2. The van der Waals surface area contributed by atoms with Crippen molar-refractivity contribution in [2.45, 2.75) is 33.2 Å². The Kier molecular flexibility index (Phi) is 5.48. The summed E-state index contributed by atoms with van der Waals surface area (Å²) < 4.78 is 0. The molecular weight excluding hydrogens is 376 g/mol. The number of anilines is 2. The molecule has 0 bridgehead atoms. The summed E-state index contributed by atoms with van der Waals surface area (Å²) in [5, 5.41) is 1.48. The van der Waals surface area contributed by atoms with Crippen molar-refractivity contribution in [1.29, 1.82) is 0 Å². The smallest absolute Gasteiger partial charge is 0.271 e. The number of aryl methyl sites for hydroxylation is 2. The molecule has 30 heavy (non-hydrogen) atoms. The van der Waals surface area contributed by atoms with Crippen LogP contribution in [0.1, 0.15) is 24.5 Å². The number of carbonyl (C=O) groups is 2. The molecule has 1 atom stereocenters. The first-order chi connectivity index (χ1) is 14.4. The molecule has 6 heteroatoms. The van der Waals surface area contributed by atoms with Crippen LogP contribution in [0.3, 0.4) is 0 Å². The van der Waals surface area contributed by atoms with Crippen LogP contribution in [0, 0.1) is 13.8 Å². The van der Waals surface area contributed by atoms with Crippen molar-refractivity contribution in [2.75, 3.05) is 29.5 Å². The Labute approximate surface area is 177 Å². The van der Waals surface area contributed by atoms with E-state index in [0.29, 0.717) is 18.8 Å². The Morgan fingerprint density at radius 3 is 2.33 bits per heavy atom. The highest BCUT2D eigenvalue weighted by Gasteiger charge is 2.31. The molecular formula is C24H28N4O2. The van der Waals surface area contributed by atoms with Gasteiger partial charge in [0.2, 0.25) is 5.91 Å². The average Bonchev–Trinajstić information content (AvgIpc) is 2.73. The third-order valence-corrected chi connectivity index (χ3v) is 5.70. The predicted octanol–water partition coefficient (Wildman–Crippen LogP) is 3.17. The fourth-order valence-corrected chi connectivity index (χ4v) is 4.12. The molecule has 4 rings (SSSR count). The molecule has 2 heterocycles. The van der Waals surface area contributed by atoms with Crippen molar-refractivity contribution in [3.63, 3.8) is 0 Å². The van der Waals surface area contributed by atoms with Gasteiger partial charge in [0.15, 0.2) is 0 Å². The van der Waals surface area contributed by atoms with Gasteiger partial charge in [0.25, 0.3) is 5.91 Å². The fraction of sp³-hybridized carbons (Fsp3) is 0.333. The molecule has 2 amide bonds. The zero-order chi connectivity index (χ0) is 21.3. The van der Waals surface area contributed by atoms with Crippen LogP contribution in [0.15, 0.2) is 60.3 Å². The monoisotopic (exact) mass is 404 g/mol. The van der Waals surface area contributed by atoms with Crippen molar-refractivity contribution in [2.24, 2.45) is 0 Å². The molecule has 1 fully saturated rings. The minimum Gasteiger partial charge on any atom is -0.365 e. The number of carbonyl (C=O) groups excluding carboxylic acids is 2. The summed E-state index contributed by atoms with van der Waals surface area (Å²) >= 11 is 0. The quantitative estimate of drug-likeness (QED) is 0.854. The molecule has 0 unspecified atom stereocenters. The lowest BCUT2D eigenvalue weighted by Gasteiger charge is -2.42. The standard InChI is InChI=1S/C24H28N4O2/c1-17-6-4-8-20(14-17)27-13-12-26(16-19(27)3)24(30)22-10-11-23(29)28(25-22)21-9-5-7-18(2)15-21/h4-10,14-15,19,25H,11-13,16H2,1-3H3/t19-/m0/s1. The molecule has 0 aliphatic carbocycles. The Morgan fingerprint density at radius 2 is 1.67 bits per heavy atom. The number of hydrogen-bond donors (Lipinski definition) is 1. The van der Waals surface area contributed by atoms with Gasteiger partial charge in [0.1, 0.15) is 5.70 Å². The number of piperazine rings is 1. The van der Waals surface area contributed by atoms with E-state index in [9.17, 15) is 9.59 Å². The number of nitrogens with one attached hydrogen (secondary N) is 1. The largest absolute Gasteiger partial charge is 0.365 e. The van der Waals surface area contributed by atoms with Gasteiger partial charge < -0.3 is 9.80 Å². The number of hydrogen-bond acceptors (Lipinski definition) is 4. The zero-order valence-electron chi connectivity index (χ0n) is 17.8. The third kappa shape index (κ3) is 4.03. The Bertz CT molecular complexity index is 1000. The molecule has 2 aromatic rings. The van der Waals surface area contributed by atoms with E-state index in [1.807, 2.05) is 36.1 Å². The van der Waals surface area contributed by atoms with Gasteiger partial charge in [-0.15, -0.1) is 0 Å². The van der Waals surface area contributed by atoms with Gasteiger partial charge in [-0.05, 0) is 62.2 Å². The topological polar surface area (TPSA) is 55.9 Å². The molecule has 2 aromatic carbocycles. The first kappa shape index (κ1) is 20.0. The van der Waals surface area contributed by atoms with Crippen LogP contribution in [0.5, 0.6) is 0 Å². The summed E-state index contributed by atoms with van der Waals surface area (Å²) in [4.78, 5) is 29.8. The summed E-state index contributed by atoms with van der Waals surface area (Å²) in [5.41, 5.74) is 7.75. The number of amides is 2. The number of benzene rings is 2. The van der Waals surface area contributed by atoms with E-state index in [2.05, 4.69) is 48.4 Å². The van der Waals surface area contributed by atoms with Crippen molar-refractivity contribution in [1.82, 2.24) is 10.3 Å². The lowest BCUT2D eigenvalue weighted by Crippen LogP contribution is -2.56. The maximum absolute atomic E-state index is 13.2. The van der Waals surface area contributed by atoms with E-state index in [0.717, 1.165) is 17.8 Å². The fourth-order valence-electron chi connectivity index (χ4n) is 4.12. The molecule has 1 N–H and O–H groups in total. The van der Waals surface area contributed by atoms with Crippen LogP contribution in [0.2, 0.25) is 0 Å². The van der Waals surface area contributed by atoms with E-state index < -0.39 is 0 Å². The van der Waals surface area contributed by atoms with E-state index in [1.54, 1.807) is 6.08 Å². The highest BCUT2D eigenvalue weighted by Crippen LogP contribution is 2.24. The second-order valence-corrected chi connectivity index (χ2v) is 8.13. The van der Waals surface area contributed by atoms with Gasteiger partial charge in [-0.1, -0.05) is 24.3 Å². The van der Waals surface area contributed by atoms with Gasteiger partial charge >= 0.3 is 0 Å². The van der Waals surface area contributed by atoms with Crippen LogP contribution >= 0.6 is 0 Å². The van der Waals surface area contributed by atoms with Crippen LogP contribution in [0.4, 0.5) is 11.4 Å². The first-order valence-corrected chi connectivity index (χ1v) is 10.4. The van der Waals surface area contributed by atoms with Crippen LogP contribution in [0.25, 0.3) is 0 Å². The third-order valence-electron chi connectivity index (χ3n) is 5.70. The molecule has 0 spiro atoms. The molecule has 1 saturated heterocycles. The summed E-state index contributed by atoms with van der Waals surface area (Å²) in [6.07, 6.45) is 1.91. The van der Waals surface area contributed by atoms with Crippen LogP contribution in [-0.4, -0.2) is 42.4 Å². The highest BCUT2D eigenvalue weighted by molar-refractivity contribution is 6.01. The SMILES string of the molecule is Cc1cccc(N2NC(C(=O)N3CCN(c4cccc(C)c4)[C@@H](C)C3)=CCC2=O)c1. The van der Waals surface area contributed by atoms with Crippen molar-refractivity contribution >= 4 is 23.2 Å². The normalized spacial score (nSPS) is 19.4. The van der Waals surface area contributed by atoms with Gasteiger partial charge in [0.05, 0.1) is 5.69 Å². The second kappa shape index (κ2) is 8.22. The lowest BCUT2D eigenvalue weighted by molar-refractivity contribution is -0.128. The van der Waals surface area contributed by atoms with Crippen molar-refractivity contribution < 1.29 is 9.59 Å². The molecule has 156 valence electrons. The lowest BCUT2D eigenvalue weighted by atomic mass is 10.1. The molecule has 0 aromatic heterocycles. The van der Waals surface area contributed by atoms with Gasteiger partial charge in [0, 0.05) is 37.8 Å². The van der Waals surface area contributed by atoms with Gasteiger partial charge in [-0.2, -0.15) is 0 Å². The van der Waals surface area contributed by atoms with Crippen LogP contribution < -0.4 is 15.3 Å². The minimum absolute atomic E-state index is 0.0594. The van der Waals surface area contributed by atoms with E-state index >= 15 is 0 Å². The molecule has 6 nitrogen and oxygen atoms in total. The van der Waals surface area contributed by atoms with E-state index in [4.69, 9.17) is 0 Å². The summed E-state index contributed by atoms with van der Waals surface area (Å²) in [6, 6.07) is 16.4. The Hall–Kier alpha value is -3.28. The van der Waals surface area contributed by atoms with Crippen molar-refractivity contribution in [3.8, 4) is 0 Å². The van der Waals surface area contributed by atoms with Gasteiger partial charge in [-0.25, -0.2) is 5.01 Å². The molecule has 0 saturated carbocycles. The Morgan fingerprint density at radius 1 is 1.00 bits per heavy atom. The van der Waals surface area contributed by atoms with E-state index in [-0.39, 0.29) is 24.3 Å². The molecule has 0 radical (unpaired) electrons. The second-order valence-electron chi connectivity index (χ2n) is 8.13. The minimum atomic E-state index is -0.0743. The number of rotatable bonds is 3.